The second-order valence-corrected chi connectivity index (χ2v) is 8.73. The number of hydrogen-bond acceptors (Lipinski definition) is 7. The van der Waals surface area contributed by atoms with Crippen molar-refractivity contribution in [3.63, 3.8) is 0 Å². The molecular weight excluding hydrogens is 376 g/mol. The highest BCUT2D eigenvalue weighted by Crippen LogP contribution is 2.41. The first kappa shape index (κ1) is 20.1. The number of esters is 2. The van der Waals surface area contributed by atoms with Crippen LogP contribution in [0.2, 0.25) is 0 Å². The first-order valence-electron chi connectivity index (χ1n) is 8.03. The topological polar surface area (TPSA) is 86.7 Å². The summed E-state index contributed by atoms with van der Waals surface area (Å²) in [6.45, 7) is 4.69. The van der Waals surface area contributed by atoms with Crippen LogP contribution in [0.1, 0.15) is 23.6 Å². The Kier molecular flexibility index (Phi) is 6.20. The lowest BCUT2D eigenvalue weighted by Gasteiger charge is -2.28. The summed E-state index contributed by atoms with van der Waals surface area (Å²) in [5.74, 6) is -2.33. The summed E-state index contributed by atoms with van der Waals surface area (Å²) in [7, 11) is -4.48. The van der Waals surface area contributed by atoms with E-state index in [-0.39, 0.29) is 23.0 Å². The van der Waals surface area contributed by atoms with Crippen LogP contribution in [0.3, 0.4) is 0 Å². The number of sulfone groups is 1. The fourth-order valence-electron chi connectivity index (χ4n) is 2.50. The zero-order valence-corrected chi connectivity index (χ0v) is 16.4. The maximum atomic E-state index is 13.5. The highest BCUT2D eigenvalue weighted by molar-refractivity contribution is 7.94. The van der Waals surface area contributed by atoms with Gasteiger partial charge in [-0.05, 0) is 45.0 Å². The molecule has 26 heavy (non-hydrogen) atoms. The van der Waals surface area contributed by atoms with Crippen LogP contribution >= 0.6 is 11.3 Å². The van der Waals surface area contributed by atoms with Gasteiger partial charge in [0.2, 0.25) is 9.84 Å². The van der Waals surface area contributed by atoms with Crippen molar-refractivity contribution in [3.05, 3.63) is 52.2 Å². The van der Waals surface area contributed by atoms with Crippen molar-refractivity contribution in [3.8, 4) is 0 Å². The molecule has 0 aliphatic carbocycles. The molecule has 0 N–H and O–H groups in total. The van der Waals surface area contributed by atoms with E-state index in [4.69, 9.17) is 9.47 Å². The van der Waals surface area contributed by atoms with E-state index in [0.29, 0.717) is 0 Å². The second kappa shape index (κ2) is 8.01. The smallest absolute Gasteiger partial charge is 0.345 e. The van der Waals surface area contributed by atoms with Crippen LogP contribution in [0.15, 0.2) is 47.4 Å². The zero-order valence-electron chi connectivity index (χ0n) is 14.7. The summed E-state index contributed by atoms with van der Waals surface area (Å²) in [5.41, 5.74) is 0. The van der Waals surface area contributed by atoms with Crippen LogP contribution < -0.4 is 0 Å². The van der Waals surface area contributed by atoms with Crippen LogP contribution in [0.5, 0.6) is 0 Å². The molecule has 0 spiro atoms. The highest BCUT2D eigenvalue weighted by Gasteiger charge is 2.63. The van der Waals surface area contributed by atoms with Crippen molar-refractivity contribution in [2.75, 3.05) is 13.2 Å². The van der Waals surface area contributed by atoms with Gasteiger partial charge in [0, 0.05) is 9.75 Å². The monoisotopic (exact) mass is 396 g/mol. The molecule has 1 aromatic carbocycles. The van der Waals surface area contributed by atoms with E-state index in [1.165, 1.54) is 30.3 Å². The molecule has 0 saturated heterocycles. The Morgan fingerprint density at radius 3 is 1.92 bits per heavy atom. The molecule has 0 saturated carbocycles. The second-order valence-electron chi connectivity index (χ2n) is 5.35. The highest BCUT2D eigenvalue weighted by atomic mass is 32.2. The summed E-state index contributed by atoms with van der Waals surface area (Å²) >= 11 is 1.04. The number of carbonyl (C=O) groups excluding carboxylic acids is 2. The largest absolute Gasteiger partial charge is 0.464 e. The predicted molar refractivity (Wildman–Crippen MR) is 97.6 cm³/mol. The molecule has 0 amide bonds. The van der Waals surface area contributed by atoms with Crippen molar-refractivity contribution < 1.29 is 27.5 Å². The van der Waals surface area contributed by atoms with Crippen molar-refractivity contribution in [1.29, 1.82) is 0 Å². The fraction of sp³-hybridized carbons (Fsp3) is 0.333. The van der Waals surface area contributed by atoms with Gasteiger partial charge in [0.1, 0.15) is 0 Å². The van der Waals surface area contributed by atoms with Crippen LogP contribution in [-0.2, 0) is 33.6 Å². The Bertz CT molecular complexity index is 865. The third-order valence-electron chi connectivity index (χ3n) is 3.67. The molecule has 1 heterocycles. The van der Waals surface area contributed by atoms with E-state index < -0.39 is 26.5 Å². The van der Waals surface area contributed by atoms with Crippen molar-refractivity contribution in [1.82, 2.24) is 0 Å². The molecule has 1 aromatic heterocycles. The molecule has 0 aliphatic rings. The SMILES string of the molecule is CCOC(=O)C(C(=O)OCC)(c1ccc(C)s1)S(=O)(=O)c1ccccc1. The number of carbonyl (C=O) groups is 2. The lowest BCUT2D eigenvalue weighted by Crippen LogP contribution is -2.51. The molecule has 0 atom stereocenters. The maximum Gasteiger partial charge on any atom is 0.345 e. The van der Waals surface area contributed by atoms with Gasteiger partial charge in [-0.15, -0.1) is 11.3 Å². The van der Waals surface area contributed by atoms with Crippen LogP contribution in [0.25, 0.3) is 0 Å². The summed E-state index contributed by atoms with van der Waals surface area (Å²) in [6.07, 6.45) is 0. The Hall–Kier alpha value is -2.19. The third-order valence-corrected chi connectivity index (χ3v) is 7.17. The van der Waals surface area contributed by atoms with Gasteiger partial charge in [0.05, 0.1) is 18.1 Å². The molecule has 0 radical (unpaired) electrons. The average Bonchev–Trinajstić information content (AvgIpc) is 3.03. The van der Waals surface area contributed by atoms with Gasteiger partial charge in [-0.25, -0.2) is 18.0 Å². The fourth-order valence-corrected chi connectivity index (χ4v) is 5.64. The van der Waals surface area contributed by atoms with Gasteiger partial charge in [-0.2, -0.15) is 0 Å². The average molecular weight is 396 g/mol. The molecule has 8 heteroatoms. The van der Waals surface area contributed by atoms with Gasteiger partial charge in [0.25, 0.3) is 0 Å². The Morgan fingerprint density at radius 2 is 1.50 bits per heavy atom. The molecule has 0 bridgehead atoms. The standard InChI is InChI=1S/C18H20O6S2/c1-4-23-16(19)18(17(20)24-5-2,15-12-11-13(3)25-15)26(21,22)14-9-7-6-8-10-14/h6-12H,4-5H2,1-3H3. The number of rotatable bonds is 7. The molecule has 140 valence electrons. The van der Waals surface area contributed by atoms with Crippen LogP contribution in [0.4, 0.5) is 0 Å². The van der Waals surface area contributed by atoms with E-state index in [2.05, 4.69) is 0 Å². The number of ether oxygens (including phenoxy) is 2. The van der Waals surface area contributed by atoms with Crippen LogP contribution in [-0.4, -0.2) is 33.6 Å². The van der Waals surface area contributed by atoms with Gasteiger partial charge < -0.3 is 9.47 Å². The lowest BCUT2D eigenvalue weighted by molar-refractivity contribution is -0.159. The van der Waals surface area contributed by atoms with E-state index >= 15 is 0 Å². The van der Waals surface area contributed by atoms with Gasteiger partial charge in [0.15, 0.2) is 0 Å². The summed E-state index contributed by atoms with van der Waals surface area (Å²) in [4.78, 5) is 26.5. The third kappa shape index (κ3) is 3.26. The van der Waals surface area contributed by atoms with Crippen LogP contribution in [0, 0.1) is 6.92 Å². The molecular formula is C18H20O6S2. The first-order chi connectivity index (χ1) is 12.3. The van der Waals surface area contributed by atoms with Crippen molar-refractivity contribution in [2.24, 2.45) is 0 Å². The molecule has 2 rings (SSSR count). The Labute approximate surface area is 156 Å². The van der Waals surface area contributed by atoms with E-state index in [9.17, 15) is 18.0 Å². The maximum absolute atomic E-state index is 13.5. The van der Waals surface area contributed by atoms with E-state index in [1.54, 1.807) is 32.9 Å². The molecule has 0 aliphatic heterocycles. The number of benzene rings is 1. The molecule has 6 nitrogen and oxygen atoms in total. The molecule has 0 fully saturated rings. The number of hydrogen-bond donors (Lipinski definition) is 0. The summed E-state index contributed by atoms with van der Waals surface area (Å²) in [6, 6.07) is 10.5. The van der Waals surface area contributed by atoms with Gasteiger partial charge in [-0.1, -0.05) is 18.2 Å². The Morgan fingerprint density at radius 1 is 0.962 bits per heavy atom. The van der Waals surface area contributed by atoms with E-state index in [1.807, 2.05) is 0 Å². The number of thiophene rings is 1. The minimum absolute atomic E-state index is 0.0516. The minimum Gasteiger partial charge on any atom is -0.464 e. The zero-order chi connectivity index (χ0) is 19.4. The summed E-state index contributed by atoms with van der Waals surface area (Å²) < 4.78 is 34.5. The van der Waals surface area contributed by atoms with Crippen molar-refractivity contribution in [2.45, 2.75) is 30.4 Å². The molecule has 2 aromatic rings. The van der Waals surface area contributed by atoms with E-state index in [0.717, 1.165) is 16.2 Å². The van der Waals surface area contributed by atoms with Crippen molar-refractivity contribution >= 4 is 33.1 Å². The first-order valence-corrected chi connectivity index (χ1v) is 10.3. The quantitative estimate of drug-likeness (QED) is 0.528. The molecule has 0 unspecified atom stereocenters. The van der Waals surface area contributed by atoms with Gasteiger partial charge in [-0.3, -0.25) is 0 Å². The Balaban J connectivity index is 2.86. The van der Waals surface area contributed by atoms with Gasteiger partial charge >= 0.3 is 16.7 Å². The number of aryl methyl sites for hydroxylation is 1. The normalized spacial score (nSPS) is 11.8. The lowest BCUT2D eigenvalue weighted by atomic mass is 10.1. The summed E-state index contributed by atoms with van der Waals surface area (Å²) in [5, 5.41) is 0. The predicted octanol–water partition coefficient (Wildman–Crippen LogP) is 2.85. The minimum atomic E-state index is -4.48.